The maximum atomic E-state index is 12.0. The lowest BCUT2D eigenvalue weighted by molar-refractivity contribution is -0.132. The van der Waals surface area contributed by atoms with Gasteiger partial charge in [0.05, 0.1) is 6.61 Å². The molecule has 1 heterocycles. The zero-order valence-electron chi connectivity index (χ0n) is 13.1. The molecule has 1 aliphatic rings. The zero-order chi connectivity index (χ0) is 14.9. The minimum absolute atomic E-state index is 0.289. The molecule has 1 amide bonds. The first-order chi connectivity index (χ1) is 10.3. The molecule has 1 saturated heterocycles. The van der Waals surface area contributed by atoms with E-state index in [0.717, 1.165) is 44.5 Å². The summed E-state index contributed by atoms with van der Waals surface area (Å²) in [5.74, 6) is 1.19. The van der Waals surface area contributed by atoms with Gasteiger partial charge in [0.2, 0.25) is 5.91 Å². The highest BCUT2D eigenvalue weighted by Gasteiger charge is 2.15. The Bertz CT molecular complexity index is 421. The number of nitrogens with zero attached hydrogens (tertiary/aromatic N) is 1. The summed E-state index contributed by atoms with van der Waals surface area (Å²) < 4.78 is 5.71. The number of benzene rings is 1. The maximum absolute atomic E-state index is 12.0. The van der Waals surface area contributed by atoms with E-state index in [-0.39, 0.29) is 5.91 Å². The second kappa shape index (κ2) is 8.71. The Labute approximate surface area is 128 Å². The molecule has 3 heteroatoms. The normalized spacial score (nSPS) is 15.0. The van der Waals surface area contributed by atoms with Crippen LogP contribution in [0.4, 0.5) is 0 Å². The summed E-state index contributed by atoms with van der Waals surface area (Å²) in [5, 5.41) is 0. The summed E-state index contributed by atoms with van der Waals surface area (Å²) in [4.78, 5) is 14.0. The predicted molar refractivity (Wildman–Crippen MR) is 85.6 cm³/mol. The van der Waals surface area contributed by atoms with E-state index < -0.39 is 0 Å². The molecule has 3 nitrogen and oxygen atoms in total. The van der Waals surface area contributed by atoms with Gasteiger partial charge in [-0.25, -0.2) is 0 Å². The standard InChI is InChI=1S/C18H27NO2/c1-2-7-16-9-11-17(12-10-16)21-15-6-8-18(20)19-13-4-3-5-14-19/h9-12H,2-8,13-15H2,1H3. The average molecular weight is 289 g/mol. The van der Waals surface area contributed by atoms with E-state index in [9.17, 15) is 4.79 Å². The minimum atomic E-state index is 0.289. The van der Waals surface area contributed by atoms with E-state index in [4.69, 9.17) is 4.74 Å². The molecule has 0 bridgehead atoms. The van der Waals surface area contributed by atoms with Crippen molar-refractivity contribution >= 4 is 5.91 Å². The highest BCUT2D eigenvalue weighted by molar-refractivity contribution is 5.76. The highest BCUT2D eigenvalue weighted by Crippen LogP contribution is 2.14. The molecule has 0 aliphatic carbocycles. The predicted octanol–water partition coefficient (Wildman–Crippen LogP) is 3.81. The smallest absolute Gasteiger partial charge is 0.222 e. The lowest BCUT2D eigenvalue weighted by Crippen LogP contribution is -2.35. The summed E-state index contributed by atoms with van der Waals surface area (Å²) in [7, 11) is 0. The molecule has 0 unspecified atom stereocenters. The molecule has 0 spiro atoms. The number of hydrogen-bond donors (Lipinski definition) is 0. The first-order valence-corrected chi connectivity index (χ1v) is 8.29. The van der Waals surface area contributed by atoms with Crippen molar-refractivity contribution in [2.24, 2.45) is 0 Å². The van der Waals surface area contributed by atoms with Crippen molar-refractivity contribution in [3.63, 3.8) is 0 Å². The van der Waals surface area contributed by atoms with E-state index in [1.807, 2.05) is 17.0 Å². The Balaban J connectivity index is 1.63. The van der Waals surface area contributed by atoms with E-state index in [0.29, 0.717) is 13.0 Å². The number of likely N-dealkylation sites (tertiary alicyclic amines) is 1. The second-order valence-corrected chi connectivity index (χ2v) is 5.79. The van der Waals surface area contributed by atoms with Gasteiger partial charge in [0.25, 0.3) is 0 Å². The molecule has 0 aromatic heterocycles. The number of rotatable bonds is 7. The van der Waals surface area contributed by atoms with Crippen LogP contribution in [0.25, 0.3) is 0 Å². The van der Waals surface area contributed by atoms with Gasteiger partial charge < -0.3 is 9.64 Å². The Morgan fingerprint density at radius 3 is 2.52 bits per heavy atom. The third-order valence-corrected chi connectivity index (χ3v) is 3.97. The van der Waals surface area contributed by atoms with Crippen molar-refractivity contribution in [2.45, 2.75) is 51.9 Å². The maximum Gasteiger partial charge on any atom is 0.222 e. The van der Waals surface area contributed by atoms with Crippen LogP contribution in [0.3, 0.4) is 0 Å². The first-order valence-electron chi connectivity index (χ1n) is 8.29. The monoisotopic (exact) mass is 289 g/mol. The fourth-order valence-corrected chi connectivity index (χ4v) is 2.76. The molecule has 1 aromatic rings. The van der Waals surface area contributed by atoms with Crippen molar-refractivity contribution < 1.29 is 9.53 Å². The van der Waals surface area contributed by atoms with Gasteiger partial charge in [-0.3, -0.25) is 4.79 Å². The summed E-state index contributed by atoms with van der Waals surface area (Å²) >= 11 is 0. The van der Waals surface area contributed by atoms with Gasteiger partial charge in [-0.2, -0.15) is 0 Å². The Kier molecular flexibility index (Phi) is 6.58. The van der Waals surface area contributed by atoms with Crippen molar-refractivity contribution in [1.82, 2.24) is 4.90 Å². The van der Waals surface area contributed by atoms with Crippen LogP contribution in [0.2, 0.25) is 0 Å². The lowest BCUT2D eigenvalue weighted by Gasteiger charge is -2.26. The van der Waals surface area contributed by atoms with Crippen LogP contribution in [0, 0.1) is 0 Å². The quantitative estimate of drug-likeness (QED) is 0.714. The van der Waals surface area contributed by atoms with Crippen molar-refractivity contribution in [1.29, 1.82) is 0 Å². The number of amides is 1. The molecular formula is C18H27NO2. The van der Waals surface area contributed by atoms with Gasteiger partial charge in [0.1, 0.15) is 5.75 Å². The van der Waals surface area contributed by atoms with Crippen LogP contribution in [0.15, 0.2) is 24.3 Å². The van der Waals surface area contributed by atoms with Crippen molar-refractivity contribution in [2.75, 3.05) is 19.7 Å². The summed E-state index contributed by atoms with van der Waals surface area (Å²) in [6.45, 7) is 4.69. The van der Waals surface area contributed by atoms with Crippen LogP contribution in [-0.2, 0) is 11.2 Å². The molecule has 0 radical (unpaired) electrons. The summed E-state index contributed by atoms with van der Waals surface area (Å²) in [6.07, 6.45) is 7.27. The number of aryl methyl sites for hydroxylation is 1. The van der Waals surface area contributed by atoms with E-state index in [1.165, 1.54) is 18.4 Å². The number of hydrogen-bond acceptors (Lipinski definition) is 2. The Morgan fingerprint density at radius 1 is 1.14 bits per heavy atom. The largest absolute Gasteiger partial charge is 0.494 e. The topological polar surface area (TPSA) is 29.5 Å². The van der Waals surface area contributed by atoms with E-state index >= 15 is 0 Å². The third-order valence-electron chi connectivity index (χ3n) is 3.97. The van der Waals surface area contributed by atoms with Crippen LogP contribution in [-0.4, -0.2) is 30.5 Å². The fourth-order valence-electron chi connectivity index (χ4n) is 2.76. The van der Waals surface area contributed by atoms with Gasteiger partial charge >= 0.3 is 0 Å². The first kappa shape index (κ1) is 15.9. The van der Waals surface area contributed by atoms with Crippen molar-refractivity contribution in [3.8, 4) is 5.75 Å². The molecule has 21 heavy (non-hydrogen) atoms. The molecular weight excluding hydrogens is 262 g/mol. The van der Waals surface area contributed by atoms with Gasteiger partial charge in [0, 0.05) is 19.5 Å². The minimum Gasteiger partial charge on any atom is -0.494 e. The lowest BCUT2D eigenvalue weighted by atomic mass is 10.1. The van der Waals surface area contributed by atoms with Gasteiger partial charge in [0.15, 0.2) is 0 Å². The molecule has 0 N–H and O–H groups in total. The van der Waals surface area contributed by atoms with Gasteiger partial charge in [-0.15, -0.1) is 0 Å². The SMILES string of the molecule is CCCc1ccc(OCCCC(=O)N2CCCCC2)cc1. The molecule has 0 atom stereocenters. The van der Waals surface area contributed by atoms with Gasteiger partial charge in [-0.1, -0.05) is 25.5 Å². The molecule has 2 rings (SSSR count). The number of piperidine rings is 1. The van der Waals surface area contributed by atoms with Crippen LogP contribution in [0.1, 0.15) is 51.0 Å². The Morgan fingerprint density at radius 2 is 1.86 bits per heavy atom. The number of carbonyl (C=O) groups is 1. The van der Waals surface area contributed by atoms with Crippen LogP contribution >= 0.6 is 0 Å². The highest BCUT2D eigenvalue weighted by atomic mass is 16.5. The van der Waals surface area contributed by atoms with Crippen molar-refractivity contribution in [3.05, 3.63) is 29.8 Å². The molecule has 1 fully saturated rings. The summed E-state index contributed by atoms with van der Waals surface area (Å²) in [5.41, 5.74) is 1.35. The van der Waals surface area contributed by atoms with Gasteiger partial charge in [-0.05, 0) is 49.8 Å². The summed E-state index contributed by atoms with van der Waals surface area (Å²) in [6, 6.07) is 8.30. The molecule has 0 saturated carbocycles. The van der Waals surface area contributed by atoms with E-state index in [1.54, 1.807) is 0 Å². The van der Waals surface area contributed by atoms with E-state index in [2.05, 4.69) is 19.1 Å². The second-order valence-electron chi connectivity index (χ2n) is 5.79. The van der Waals surface area contributed by atoms with Crippen LogP contribution < -0.4 is 4.74 Å². The number of ether oxygens (including phenoxy) is 1. The molecule has 1 aliphatic heterocycles. The zero-order valence-corrected chi connectivity index (χ0v) is 13.1. The average Bonchev–Trinajstić information content (AvgIpc) is 2.54. The fraction of sp³-hybridized carbons (Fsp3) is 0.611. The molecule has 116 valence electrons. The third kappa shape index (κ3) is 5.41. The number of carbonyl (C=O) groups excluding carboxylic acids is 1. The molecule has 1 aromatic carbocycles. The Hall–Kier alpha value is -1.51. The van der Waals surface area contributed by atoms with Crippen LogP contribution in [0.5, 0.6) is 5.75 Å².